The molecule has 4 aliphatic rings. The van der Waals surface area contributed by atoms with Gasteiger partial charge in [0.1, 0.15) is 0 Å². The van der Waals surface area contributed by atoms with Crippen molar-refractivity contribution < 1.29 is 9.59 Å². The smallest absolute Gasteiger partial charge is 0.238 e. The standard InChI is InChI=1S/C28H25NO2/c1-16-13-14-22(17(2)15-16)29-25(30)23-24(26(29)31)28(4)20-11-7-5-9-18(20)27(23,3)19-10-6-8-12-21(19)28/h5-15,23-24H,1-4H3/t23-,24-,27?,28?/m0/s1. The maximum atomic E-state index is 14.0. The van der Waals surface area contributed by atoms with Crippen molar-refractivity contribution in [2.75, 3.05) is 4.90 Å². The Bertz CT molecular complexity index is 1180. The van der Waals surface area contributed by atoms with Crippen LogP contribution in [0.15, 0.2) is 66.7 Å². The van der Waals surface area contributed by atoms with E-state index in [1.165, 1.54) is 27.2 Å². The first kappa shape index (κ1) is 18.6. The molecular weight excluding hydrogens is 382 g/mol. The van der Waals surface area contributed by atoms with Crippen LogP contribution in [0, 0.1) is 25.7 Å². The zero-order chi connectivity index (χ0) is 21.7. The highest BCUT2D eigenvalue weighted by Crippen LogP contribution is 2.66. The number of nitrogens with zero attached hydrogens (tertiary/aromatic N) is 1. The number of aryl methyl sites for hydroxylation is 2. The van der Waals surface area contributed by atoms with Gasteiger partial charge in [-0.3, -0.25) is 9.59 Å². The minimum atomic E-state index is -0.532. The molecule has 0 spiro atoms. The summed E-state index contributed by atoms with van der Waals surface area (Å²) in [7, 11) is 0. The van der Waals surface area contributed by atoms with Crippen LogP contribution >= 0.6 is 0 Å². The molecule has 3 aromatic carbocycles. The highest BCUT2D eigenvalue weighted by molar-refractivity contribution is 6.24. The van der Waals surface area contributed by atoms with Crippen molar-refractivity contribution in [1.82, 2.24) is 0 Å². The van der Waals surface area contributed by atoms with Crippen molar-refractivity contribution in [2.24, 2.45) is 11.8 Å². The molecule has 2 amide bonds. The monoisotopic (exact) mass is 407 g/mol. The largest absolute Gasteiger partial charge is 0.274 e. The van der Waals surface area contributed by atoms with Crippen LogP contribution in [0.4, 0.5) is 5.69 Å². The third-order valence-electron chi connectivity index (χ3n) is 8.24. The van der Waals surface area contributed by atoms with Crippen LogP contribution in [0.3, 0.4) is 0 Å². The van der Waals surface area contributed by atoms with Crippen molar-refractivity contribution in [2.45, 2.75) is 38.5 Å². The summed E-state index contributed by atoms with van der Waals surface area (Å²) in [6.45, 7) is 8.33. The number of anilines is 1. The molecule has 0 N–H and O–H groups in total. The molecule has 2 bridgehead atoms. The first-order valence-electron chi connectivity index (χ1n) is 11.0. The van der Waals surface area contributed by atoms with Crippen molar-refractivity contribution >= 4 is 17.5 Å². The van der Waals surface area contributed by atoms with Gasteiger partial charge in [-0.2, -0.15) is 0 Å². The van der Waals surface area contributed by atoms with Gasteiger partial charge in [-0.1, -0.05) is 80.1 Å². The van der Waals surface area contributed by atoms with Gasteiger partial charge in [0.2, 0.25) is 11.8 Å². The van der Waals surface area contributed by atoms with E-state index in [0.717, 1.165) is 16.8 Å². The highest BCUT2D eigenvalue weighted by atomic mass is 16.2. The normalized spacial score (nSPS) is 30.3. The predicted octanol–water partition coefficient (Wildman–Crippen LogP) is 5.05. The number of benzene rings is 3. The minimum absolute atomic E-state index is 0.0697. The number of carbonyl (C=O) groups is 2. The van der Waals surface area contributed by atoms with Gasteiger partial charge in [0.25, 0.3) is 0 Å². The molecule has 3 nitrogen and oxygen atoms in total. The summed E-state index contributed by atoms with van der Waals surface area (Å²) in [5.74, 6) is -0.953. The fourth-order valence-corrected chi connectivity index (χ4v) is 6.86. The Morgan fingerprint density at radius 3 is 1.48 bits per heavy atom. The predicted molar refractivity (Wildman–Crippen MR) is 121 cm³/mol. The lowest BCUT2D eigenvalue weighted by molar-refractivity contribution is -0.124. The van der Waals surface area contributed by atoms with Crippen LogP contribution in [0.1, 0.15) is 47.2 Å². The second-order valence-electron chi connectivity index (χ2n) is 9.75. The Labute approximate surface area is 182 Å². The van der Waals surface area contributed by atoms with Crippen LogP contribution < -0.4 is 4.90 Å². The molecule has 3 heteroatoms. The molecule has 7 rings (SSSR count). The molecule has 31 heavy (non-hydrogen) atoms. The van der Waals surface area contributed by atoms with Crippen LogP contribution in [-0.2, 0) is 20.4 Å². The zero-order valence-corrected chi connectivity index (χ0v) is 18.3. The molecule has 1 aliphatic heterocycles. The third-order valence-corrected chi connectivity index (χ3v) is 8.24. The van der Waals surface area contributed by atoms with E-state index in [0.29, 0.717) is 0 Å². The molecule has 1 fully saturated rings. The fourth-order valence-electron chi connectivity index (χ4n) is 6.86. The molecular formula is C28H25NO2. The number of rotatable bonds is 1. The van der Waals surface area contributed by atoms with E-state index in [1.54, 1.807) is 0 Å². The molecule has 0 radical (unpaired) electrons. The molecule has 1 saturated heterocycles. The van der Waals surface area contributed by atoms with Crippen LogP contribution in [0.5, 0.6) is 0 Å². The van der Waals surface area contributed by atoms with Crippen molar-refractivity contribution in [3.8, 4) is 0 Å². The molecule has 0 aromatic heterocycles. The summed E-state index contributed by atoms with van der Waals surface area (Å²) in [6.07, 6.45) is 0. The second kappa shape index (κ2) is 5.73. The molecule has 3 aromatic rings. The first-order valence-corrected chi connectivity index (χ1v) is 11.0. The highest BCUT2D eigenvalue weighted by Gasteiger charge is 2.70. The topological polar surface area (TPSA) is 37.4 Å². The molecule has 0 unspecified atom stereocenters. The van der Waals surface area contributed by atoms with Gasteiger partial charge in [-0.15, -0.1) is 0 Å². The average molecular weight is 408 g/mol. The van der Waals surface area contributed by atoms with Gasteiger partial charge in [-0.25, -0.2) is 4.90 Å². The summed E-state index contributed by atoms with van der Waals surface area (Å²) in [4.78, 5) is 29.6. The third kappa shape index (κ3) is 1.96. The van der Waals surface area contributed by atoms with Gasteiger partial charge in [0.05, 0.1) is 17.5 Å². The lowest BCUT2D eigenvalue weighted by atomic mass is 9.42. The maximum absolute atomic E-state index is 14.0. The summed E-state index contributed by atoms with van der Waals surface area (Å²) >= 11 is 0. The van der Waals surface area contributed by atoms with E-state index in [4.69, 9.17) is 0 Å². The average Bonchev–Trinajstić information content (AvgIpc) is 3.04. The number of hydrogen-bond acceptors (Lipinski definition) is 2. The van der Waals surface area contributed by atoms with Gasteiger partial charge in [0, 0.05) is 10.8 Å². The Kier molecular flexibility index (Phi) is 3.43. The number of carbonyl (C=O) groups excluding carboxylic acids is 2. The van der Waals surface area contributed by atoms with E-state index in [9.17, 15) is 9.59 Å². The van der Waals surface area contributed by atoms with Crippen molar-refractivity contribution in [3.05, 3.63) is 100 Å². The SMILES string of the molecule is Cc1ccc(N2C(=O)[C@@H]3[C@@H](C2=O)C2(C)c4ccccc4C3(C)c3ccccc32)c(C)c1. The van der Waals surface area contributed by atoms with E-state index in [1.807, 2.05) is 32.0 Å². The number of amides is 2. The first-order chi connectivity index (χ1) is 14.8. The lowest BCUT2D eigenvalue weighted by Crippen LogP contribution is -2.59. The Balaban J connectivity index is 1.66. The Morgan fingerprint density at radius 1 is 0.677 bits per heavy atom. The Hall–Kier alpha value is -3.20. The van der Waals surface area contributed by atoms with E-state index >= 15 is 0 Å². The van der Waals surface area contributed by atoms with Crippen molar-refractivity contribution in [3.63, 3.8) is 0 Å². The lowest BCUT2D eigenvalue weighted by Gasteiger charge is -2.57. The molecule has 3 aliphatic carbocycles. The van der Waals surface area contributed by atoms with Crippen molar-refractivity contribution in [1.29, 1.82) is 0 Å². The summed E-state index contributed by atoms with van der Waals surface area (Å²) in [6, 6.07) is 22.7. The van der Waals surface area contributed by atoms with Gasteiger partial charge < -0.3 is 0 Å². The quantitative estimate of drug-likeness (QED) is 0.530. The van der Waals surface area contributed by atoms with Gasteiger partial charge in [-0.05, 0) is 47.7 Å². The van der Waals surface area contributed by atoms with Crippen LogP contribution in [-0.4, -0.2) is 11.8 Å². The summed E-state index contributed by atoms with van der Waals surface area (Å²) in [5.41, 5.74) is 6.46. The Morgan fingerprint density at radius 2 is 1.10 bits per heavy atom. The molecule has 0 saturated carbocycles. The van der Waals surface area contributed by atoms with Crippen LogP contribution in [0.25, 0.3) is 0 Å². The maximum Gasteiger partial charge on any atom is 0.238 e. The molecule has 1 heterocycles. The summed E-state index contributed by atoms with van der Waals surface area (Å²) in [5, 5.41) is 0. The number of imide groups is 1. The van der Waals surface area contributed by atoms with E-state index in [-0.39, 0.29) is 11.8 Å². The van der Waals surface area contributed by atoms with Gasteiger partial charge >= 0.3 is 0 Å². The van der Waals surface area contributed by atoms with E-state index < -0.39 is 22.7 Å². The molecule has 154 valence electrons. The van der Waals surface area contributed by atoms with Crippen LogP contribution in [0.2, 0.25) is 0 Å². The molecule has 2 atom stereocenters. The second-order valence-corrected chi connectivity index (χ2v) is 9.75. The zero-order valence-electron chi connectivity index (χ0n) is 18.3. The number of hydrogen-bond donors (Lipinski definition) is 0. The fraction of sp³-hybridized carbons (Fsp3) is 0.286. The van der Waals surface area contributed by atoms with E-state index in [2.05, 4.69) is 62.4 Å². The minimum Gasteiger partial charge on any atom is -0.274 e. The van der Waals surface area contributed by atoms with Gasteiger partial charge in [0.15, 0.2) is 0 Å². The summed E-state index contributed by atoms with van der Waals surface area (Å²) < 4.78 is 0.